The molecule has 2 fully saturated rings. The van der Waals surface area contributed by atoms with Gasteiger partial charge in [-0.25, -0.2) is 4.98 Å². The number of hydrogen-bond acceptors (Lipinski definition) is 9. The standard InChI is InChI=1S/C23H32N8O2/c1-28-21(24)19-20(17-4-3-5-18(16-17)32-2)25-23(26-22(19)27-28)31-10-8-29(9-11-31)6-7-30-12-14-33-15-13-30/h3-5,16H,6-15,24H2,1-2H3. The highest BCUT2D eigenvalue weighted by atomic mass is 16.5. The lowest BCUT2D eigenvalue weighted by Gasteiger charge is -2.36. The maximum Gasteiger partial charge on any atom is 0.228 e. The van der Waals surface area contributed by atoms with E-state index < -0.39 is 0 Å². The van der Waals surface area contributed by atoms with Crippen LogP contribution in [0.25, 0.3) is 22.3 Å². The molecular formula is C23H32N8O2. The Labute approximate surface area is 193 Å². The highest BCUT2D eigenvalue weighted by molar-refractivity contribution is 5.99. The molecule has 3 aromatic rings. The molecule has 0 spiro atoms. The van der Waals surface area contributed by atoms with Gasteiger partial charge in [-0.2, -0.15) is 10.1 Å². The summed E-state index contributed by atoms with van der Waals surface area (Å²) in [5.74, 6) is 2.03. The summed E-state index contributed by atoms with van der Waals surface area (Å²) >= 11 is 0. The summed E-state index contributed by atoms with van der Waals surface area (Å²) in [7, 11) is 3.50. The highest BCUT2D eigenvalue weighted by Crippen LogP contribution is 2.33. The van der Waals surface area contributed by atoms with Crippen molar-refractivity contribution in [2.24, 2.45) is 7.05 Å². The summed E-state index contributed by atoms with van der Waals surface area (Å²) in [6, 6.07) is 7.87. The number of piperazine rings is 1. The molecule has 0 aliphatic carbocycles. The molecule has 2 aliphatic heterocycles. The number of nitrogens with two attached hydrogens (primary N) is 1. The van der Waals surface area contributed by atoms with E-state index in [-0.39, 0.29) is 0 Å². The minimum Gasteiger partial charge on any atom is -0.497 e. The Hall–Kier alpha value is -2.95. The monoisotopic (exact) mass is 452 g/mol. The van der Waals surface area contributed by atoms with Crippen molar-refractivity contribution in [1.82, 2.24) is 29.5 Å². The van der Waals surface area contributed by atoms with Gasteiger partial charge in [0.05, 0.1) is 31.4 Å². The molecule has 1 aromatic carbocycles. The second-order valence-corrected chi connectivity index (χ2v) is 8.59. The minimum atomic E-state index is 0.558. The number of rotatable bonds is 6. The third kappa shape index (κ3) is 4.59. The van der Waals surface area contributed by atoms with Crippen molar-refractivity contribution in [3.05, 3.63) is 24.3 Å². The number of nitrogens with zero attached hydrogens (tertiary/aromatic N) is 7. The quantitative estimate of drug-likeness (QED) is 0.589. The molecule has 10 heteroatoms. The first-order chi connectivity index (χ1) is 16.1. The van der Waals surface area contributed by atoms with Gasteiger partial charge in [-0.15, -0.1) is 0 Å². The Kier molecular flexibility index (Phi) is 6.30. The van der Waals surface area contributed by atoms with E-state index in [2.05, 4.69) is 19.8 Å². The first kappa shape index (κ1) is 21.9. The lowest BCUT2D eigenvalue weighted by atomic mass is 10.1. The maximum absolute atomic E-state index is 6.35. The van der Waals surface area contributed by atoms with Crippen molar-refractivity contribution in [2.45, 2.75) is 0 Å². The third-order valence-electron chi connectivity index (χ3n) is 6.56. The number of ether oxygens (including phenoxy) is 2. The van der Waals surface area contributed by atoms with Gasteiger partial charge in [-0.05, 0) is 12.1 Å². The number of hydrogen-bond donors (Lipinski definition) is 1. The van der Waals surface area contributed by atoms with E-state index in [4.69, 9.17) is 25.2 Å². The van der Waals surface area contributed by atoms with Crippen LogP contribution in [-0.4, -0.2) is 102 Å². The molecule has 0 radical (unpaired) electrons. The lowest BCUT2D eigenvalue weighted by molar-refractivity contribution is 0.0331. The van der Waals surface area contributed by atoms with Gasteiger partial charge in [0.2, 0.25) is 5.95 Å². The van der Waals surface area contributed by atoms with Crippen molar-refractivity contribution >= 4 is 22.8 Å². The molecule has 0 unspecified atom stereocenters. The van der Waals surface area contributed by atoms with Gasteiger partial charge in [-0.1, -0.05) is 12.1 Å². The predicted octanol–water partition coefficient (Wildman–Crippen LogP) is 1.08. The number of aryl methyl sites for hydroxylation is 1. The average molecular weight is 453 g/mol. The first-order valence-electron chi connectivity index (χ1n) is 11.5. The number of morpholine rings is 1. The molecule has 4 heterocycles. The van der Waals surface area contributed by atoms with Crippen LogP contribution in [0.3, 0.4) is 0 Å². The van der Waals surface area contributed by atoms with Crippen LogP contribution >= 0.6 is 0 Å². The number of benzene rings is 1. The topological polar surface area (TPSA) is 97.8 Å². The smallest absolute Gasteiger partial charge is 0.228 e. The number of methoxy groups -OCH3 is 1. The summed E-state index contributed by atoms with van der Waals surface area (Å²) in [4.78, 5) is 17.0. The van der Waals surface area contributed by atoms with Crippen molar-refractivity contribution in [1.29, 1.82) is 0 Å². The van der Waals surface area contributed by atoms with Crippen molar-refractivity contribution < 1.29 is 9.47 Å². The number of nitrogen functional groups attached to an aromatic ring is 1. The molecule has 0 amide bonds. The van der Waals surface area contributed by atoms with E-state index in [0.717, 1.165) is 88.0 Å². The molecule has 2 aliphatic rings. The summed E-state index contributed by atoms with van der Waals surface area (Å²) in [6.07, 6.45) is 0. The zero-order valence-electron chi connectivity index (χ0n) is 19.4. The molecule has 33 heavy (non-hydrogen) atoms. The zero-order chi connectivity index (χ0) is 22.8. The van der Waals surface area contributed by atoms with E-state index >= 15 is 0 Å². The minimum absolute atomic E-state index is 0.558. The molecule has 0 bridgehead atoms. The van der Waals surface area contributed by atoms with E-state index in [0.29, 0.717) is 17.4 Å². The highest BCUT2D eigenvalue weighted by Gasteiger charge is 2.24. The molecule has 0 saturated carbocycles. The number of anilines is 2. The van der Waals surface area contributed by atoms with Crippen LogP contribution in [0.5, 0.6) is 5.75 Å². The molecule has 2 N–H and O–H groups in total. The Balaban J connectivity index is 1.35. The summed E-state index contributed by atoms with van der Waals surface area (Å²) in [6.45, 7) is 9.70. The Morgan fingerprint density at radius 3 is 2.45 bits per heavy atom. The Morgan fingerprint density at radius 1 is 1.00 bits per heavy atom. The zero-order valence-corrected chi connectivity index (χ0v) is 19.4. The van der Waals surface area contributed by atoms with Crippen LogP contribution in [-0.2, 0) is 11.8 Å². The molecule has 10 nitrogen and oxygen atoms in total. The second-order valence-electron chi connectivity index (χ2n) is 8.59. The average Bonchev–Trinajstić information content (AvgIpc) is 3.16. The fourth-order valence-electron chi connectivity index (χ4n) is 4.50. The van der Waals surface area contributed by atoms with Crippen LogP contribution < -0.4 is 15.4 Å². The van der Waals surface area contributed by atoms with Crippen molar-refractivity contribution in [3.8, 4) is 17.0 Å². The molecule has 5 rings (SSSR count). The summed E-state index contributed by atoms with van der Waals surface area (Å²) in [5.41, 5.74) is 8.69. The second kappa shape index (κ2) is 9.50. The van der Waals surface area contributed by atoms with E-state index in [1.165, 1.54) is 0 Å². The molecule has 2 aromatic heterocycles. The van der Waals surface area contributed by atoms with Crippen molar-refractivity contribution in [2.75, 3.05) is 83.3 Å². The molecular weight excluding hydrogens is 420 g/mol. The van der Waals surface area contributed by atoms with Gasteiger partial charge in [0.15, 0.2) is 5.65 Å². The van der Waals surface area contributed by atoms with E-state index in [1.807, 2.05) is 31.3 Å². The Bertz CT molecular complexity index is 1100. The predicted molar refractivity (Wildman–Crippen MR) is 129 cm³/mol. The molecule has 176 valence electrons. The van der Waals surface area contributed by atoms with Crippen LogP contribution in [0, 0.1) is 0 Å². The molecule has 0 atom stereocenters. The lowest BCUT2D eigenvalue weighted by Crippen LogP contribution is -2.49. The van der Waals surface area contributed by atoms with Crippen LogP contribution in [0.4, 0.5) is 11.8 Å². The van der Waals surface area contributed by atoms with Crippen LogP contribution in [0.15, 0.2) is 24.3 Å². The normalized spacial score (nSPS) is 18.2. The van der Waals surface area contributed by atoms with Crippen LogP contribution in [0.1, 0.15) is 0 Å². The van der Waals surface area contributed by atoms with Crippen LogP contribution in [0.2, 0.25) is 0 Å². The van der Waals surface area contributed by atoms with E-state index in [1.54, 1.807) is 11.8 Å². The maximum atomic E-state index is 6.35. The van der Waals surface area contributed by atoms with E-state index in [9.17, 15) is 0 Å². The fraction of sp³-hybridized carbons (Fsp3) is 0.522. The van der Waals surface area contributed by atoms with Gasteiger partial charge < -0.3 is 20.1 Å². The van der Waals surface area contributed by atoms with Gasteiger partial charge in [0.25, 0.3) is 0 Å². The van der Waals surface area contributed by atoms with Gasteiger partial charge in [0.1, 0.15) is 11.6 Å². The van der Waals surface area contributed by atoms with Gasteiger partial charge >= 0.3 is 0 Å². The summed E-state index contributed by atoms with van der Waals surface area (Å²) < 4.78 is 12.5. The SMILES string of the molecule is COc1cccc(-c2nc(N3CCN(CCN4CCOCC4)CC3)nc3nn(C)c(N)c23)c1. The first-order valence-corrected chi connectivity index (χ1v) is 11.5. The van der Waals surface area contributed by atoms with Crippen molar-refractivity contribution in [3.63, 3.8) is 0 Å². The van der Waals surface area contributed by atoms with Gasteiger partial charge in [-0.3, -0.25) is 14.5 Å². The largest absolute Gasteiger partial charge is 0.497 e. The number of aromatic nitrogens is 4. The fourth-order valence-corrected chi connectivity index (χ4v) is 4.50. The molecule has 2 saturated heterocycles. The van der Waals surface area contributed by atoms with Gasteiger partial charge in [0, 0.05) is 65.0 Å². The Morgan fingerprint density at radius 2 is 1.73 bits per heavy atom. The summed E-state index contributed by atoms with van der Waals surface area (Å²) in [5, 5.41) is 5.33. The number of fused-ring (bicyclic) bond motifs is 1. The third-order valence-corrected chi connectivity index (χ3v) is 6.56.